The van der Waals surface area contributed by atoms with E-state index in [1.54, 1.807) is 0 Å². The van der Waals surface area contributed by atoms with E-state index in [2.05, 4.69) is 44.3 Å². The van der Waals surface area contributed by atoms with Gasteiger partial charge in [-0.05, 0) is 52.0 Å². The van der Waals surface area contributed by atoms with Crippen LogP contribution >= 0.6 is 0 Å². The molecule has 1 aliphatic rings. The predicted molar refractivity (Wildman–Crippen MR) is 86.3 cm³/mol. The number of hydrogen-bond donors (Lipinski definition) is 1. The van der Waals surface area contributed by atoms with Crippen molar-refractivity contribution in [2.75, 3.05) is 13.2 Å². The number of hydrogen-bond acceptors (Lipinski definition) is 3. The molecule has 1 unspecified atom stereocenters. The van der Waals surface area contributed by atoms with Gasteiger partial charge < -0.3 is 10.1 Å². The van der Waals surface area contributed by atoms with E-state index in [9.17, 15) is 0 Å². The zero-order valence-corrected chi connectivity index (χ0v) is 14.1. The van der Waals surface area contributed by atoms with Gasteiger partial charge in [0.05, 0.1) is 17.8 Å². The first kappa shape index (κ1) is 16.5. The van der Waals surface area contributed by atoms with Crippen LogP contribution in [0.25, 0.3) is 0 Å². The first-order valence-electron chi connectivity index (χ1n) is 8.54. The third-order valence-electron chi connectivity index (χ3n) is 4.80. The molecule has 120 valence electrons. The fourth-order valence-electron chi connectivity index (χ4n) is 3.57. The van der Waals surface area contributed by atoms with Crippen molar-refractivity contribution in [3.8, 4) is 0 Å². The monoisotopic (exact) mass is 293 g/mol. The van der Waals surface area contributed by atoms with Crippen molar-refractivity contribution in [3.05, 3.63) is 18.0 Å². The number of nitrogens with one attached hydrogen (secondary N) is 1. The summed E-state index contributed by atoms with van der Waals surface area (Å²) in [5.41, 5.74) is 1.19. The summed E-state index contributed by atoms with van der Waals surface area (Å²) >= 11 is 0. The Morgan fingerprint density at radius 1 is 1.38 bits per heavy atom. The summed E-state index contributed by atoms with van der Waals surface area (Å²) in [6, 6.07) is 0.246. The minimum atomic E-state index is -0.0706. The molecule has 2 rings (SSSR count). The molecule has 1 atom stereocenters. The molecule has 1 N–H and O–H groups in total. The molecule has 0 bridgehead atoms. The lowest BCUT2D eigenvalue weighted by atomic mass is 9.73. The summed E-state index contributed by atoms with van der Waals surface area (Å²) in [5.74, 6) is 0.819. The summed E-state index contributed by atoms with van der Waals surface area (Å²) in [5, 5.41) is 8.13. The molecule has 0 amide bonds. The number of aromatic nitrogens is 2. The van der Waals surface area contributed by atoms with Gasteiger partial charge in [-0.1, -0.05) is 13.8 Å². The fourth-order valence-corrected chi connectivity index (χ4v) is 3.57. The minimum Gasteiger partial charge on any atom is -0.373 e. The summed E-state index contributed by atoms with van der Waals surface area (Å²) in [6.07, 6.45) is 8.96. The SMILES string of the molecule is CCNC(c1cnn(CC)c1)C1(OCC)CCC(C)CC1. The van der Waals surface area contributed by atoms with Gasteiger partial charge in [-0.15, -0.1) is 0 Å². The van der Waals surface area contributed by atoms with E-state index in [0.29, 0.717) is 0 Å². The highest BCUT2D eigenvalue weighted by molar-refractivity contribution is 5.17. The van der Waals surface area contributed by atoms with Crippen LogP contribution in [-0.4, -0.2) is 28.5 Å². The van der Waals surface area contributed by atoms with Crippen molar-refractivity contribution in [2.24, 2.45) is 5.92 Å². The molecule has 1 aromatic heterocycles. The number of rotatable bonds is 7. The molecule has 4 nitrogen and oxygen atoms in total. The second kappa shape index (κ2) is 7.41. The van der Waals surface area contributed by atoms with Gasteiger partial charge in [-0.25, -0.2) is 0 Å². The quantitative estimate of drug-likeness (QED) is 0.836. The third kappa shape index (κ3) is 3.67. The Kier molecular flexibility index (Phi) is 5.82. The average Bonchev–Trinajstić information content (AvgIpc) is 2.96. The number of likely N-dealkylation sites (N-methyl/N-ethyl adjacent to an activating group) is 1. The van der Waals surface area contributed by atoms with Crippen LogP contribution in [-0.2, 0) is 11.3 Å². The highest BCUT2D eigenvalue weighted by Crippen LogP contribution is 2.43. The number of aryl methyl sites for hydroxylation is 1. The largest absolute Gasteiger partial charge is 0.373 e. The van der Waals surface area contributed by atoms with Gasteiger partial charge in [-0.2, -0.15) is 5.10 Å². The Hall–Kier alpha value is -0.870. The van der Waals surface area contributed by atoms with Gasteiger partial charge >= 0.3 is 0 Å². The Labute approximate surface area is 129 Å². The summed E-state index contributed by atoms with van der Waals surface area (Å²) in [6.45, 7) is 11.4. The second-order valence-electron chi connectivity index (χ2n) is 6.30. The predicted octanol–water partition coefficient (Wildman–Crippen LogP) is 3.54. The van der Waals surface area contributed by atoms with Gasteiger partial charge in [0, 0.05) is 24.9 Å². The number of nitrogens with zero attached hydrogens (tertiary/aromatic N) is 2. The highest BCUT2D eigenvalue weighted by Gasteiger charge is 2.43. The van der Waals surface area contributed by atoms with E-state index >= 15 is 0 Å². The molecular weight excluding hydrogens is 262 g/mol. The Morgan fingerprint density at radius 2 is 2.10 bits per heavy atom. The maximum absolute atomic E-state index is 6.33. The molecule has 4 heteroatoms. The van der Waals surface area contributed by atoms with Gasteiger partial charge in [0.2, 0.25) is 0 Å². The van der Waals surface area contributed by atoms with Gasteiger partial charge in [0.15, 0.2) is 0 Å². The van der Waals surface area contributed by atoms with Gasteiger partial charge in [0.25, 0.3) is 0 Å². The van der Waals surface area contributed by atoms with Crippen molar-refractivity contribution in [1.29, 1.82) is 0 Å². The lowest BCUT2D eigenvalue weighted by molar-refractivity contribution is -0.0973. The fraction of sp³-hybridized carbons (Fsp3) is 0.824. The van der Waals surface area contributed by atoms with Crippen molar-refractivity contribution in [3.63, 3.8) is 0 Å². The van der Waals surface area contributed by atoms with Crippen molar-refractivity contribution >= 4 is 0 Å². The lowest BCUT2D eigenvalue weighted by Crippen LogP contribution is -2.48. The minimum absolute atomic E-state index is 0.0706. The van der Waals surface area contributed by atoms with E-state index < -0.39 is 0 Å². The third-order valence-corrected chi connectivity index (χ3v) is 4.80. The van der Waals surface area contributed by atoms with Crippen LogP contribution in [0.3, 0.4) is 0 Å². The summed E-state index contributed by atoms with van der Waals surface area (Å²) < 4.78 is 8.34. The van der Waals surface area contributed by atoms with Gasteiger partial charge in [0.1, 0.15) is 0 Å². The smallest absolute Gasteiger partial charge is 0.0877 e. The molecule has 1 fully saturated rings. The van der Waals surface area contributed by atoms with Gasteiger partial charge in [-0.3, -0.25) is 4.68 Å². The molecule has 1 aliphatic carbocycles. The molecule has 1 aromatic rings. The molecule has 0 saturated heterocycles. The van der Waals surface area contributed by atoms with Crippen LogP contribution in [0.1, 0.15) is 65.0 Å². The van der Waals surface area contributed by atoms with Crippen LogP contribution in [0, 0.1) is 5.92 Å². The Morgan fingerprint density at radius 3 is 2.62 bits per heavy atom. The van der Waals surface area contributed by atoms with E-state index in [-0.39, 0.29) is 11.6 Å². The van der Waals surface area contributed by atoms with E-state index in [1.165, 1.54) is 18.4 Å². The van der Waals surface area contributed by atoms with Crippen molar-refractivity contribution in [2.45, 2.75) is 71.6 Å². The molecule has 0 radical (unpaired) electrons. The average molecular weight is 293 g/mol. The molecule has 1 heterocycles. The molecule has 0 spiro atoms. The zero-order valence-electron chi connectivity index (χ0n) is 14.1. The van der Waals surface area contributed by atoms with Crippen molar-refractivity contribution in [1.82, 2.24) is 15.1 Å². The summed E-state index contributed by atoms with van der Waals surface area (Å²) in [7, 11) is 0. The zero-order chi connectivity index (χ0) is 15.3. The van der Waals surface area contributed by atoms with Crippen LogP contribution in [0.5, 0.6) is 0 Å². The van der Waals surface area contributed by atoms with Crippen molar-refractivity contribution < 1.29 is 4.74 Å². The van der Waals surface area contributed by atoms with Crippen LogP contribution in [0.15, 0.2) is 12.4 Å². The molecular formula is C17H31N3O. The number of ether oxygens (including phenoxy) is 1. The standard InChI is InChI=1S/C17H31N3O/c1-5-18-16(15-12-19-20(6-2)13-15)17(21-7-3)10-8-14(4)9-11-17/h12-14,16,18H,5-11H2,1-4H3. The highest BCUT2D eigenvalue weighted by atomic mass is 16.5. The topological polar surface area (TPSA) is 39.1 Å². The van der Waals surface area contributed by atoms with Crippen LogP contribution < -0.4 is 5.32 Å². The normalized spacial score (nSPS) is 27.7. The van der Waals surface area contributed by atoms with Crippen LogP contribution in [0.2, 0.25) is 0 Å². The second-order valence-corrected chi connectivity index (χ2v) is 6.30. The molecule has 1 saturated carbocycles. The lowest BCUT2D eigenvalue weighted by Gasteiger charge is -2.44. The molecule has 0 aliphatic heterocycles. The summed E-state index contributed by atoms with van der Waals surface area (Å²) in [4.78, 5) is 0. The maximum atomic E-state index is 6.33. The van der Waals surface area contributed by atoms with E-state index in [4.69, 9.17) is 4.74 Å². The Bertz CT molecular complexity index is 421. The molecule has 21 heavy (non-hydrogen) atoms. The Balaban J connectivity index is 2.27. The van der Waals surface area contributed by atoms with E-state index in [1.807, 2.05) is 10.9 Å². The first-order chi connectivity index (χ1) is 10.1. The first-order valence-corrected chi connectivity index (χ1v) is 8.54. The molecule has 0 aromatic carbocycles. The van der Waals surface area contributed by atoms with E-state index in [0.717, 1.165) is 38.5 Å². The maximum Gasteiger partial charge on any atom is 0.0877 e. The van der Waals surface area contributed by atoms with Crippen LogP contribution in [0.4, 0.5) is 0 Å².